The van der Waals surface area contributed by atoms with Crippen molar-refractivity contribution in [3.8, 4) is 0 Å². The van der Waals surface area contributed by atoms with Gasteiger partial charge in [-0.15, -0.1) is 0 Å². The van der Waals surface area contributed by atoms with Gasteiger partial charge in [-0.1, -0.05) is 30.3 Å². The quantitative estimate of drug-likeness (QED) is 0.543. The zero-order valence-corrected chi connectivity index (χ0v) is 21.7. The first-order valence-corrected chi connectivity index (χ1v) is 10.5. The highest BCUT2D eigenvalue weighted by molar-refractivity contribution is 5.79. The first-order valence-electron chi connectivity index (χ1n) is 10.5. The smallest absolute Gasteiger partial charge is 0.410 e. The molecule has 1 aromatic rings. The largest absolute Gasteiger partial charge is 0.480 e. The molecular weight excluding hydrogens is 446 g/mol. The molecule has 0 saturated carbocycles. The monoisotopic (exact) mass is 485 g/mol. The van der Waals surface area contributed by atoms with E-state index in [1.54, 1.807) is 51.1 Å². The van der Waals surface area contributed by atoms with E-state index in [0.29, 0.717) is 5.56 Å². The highest BCUT2D eigenvalue weighted by Crippen LogP contribution is 2.19. The van der Waals surface area contributed by atoms with Crippen molar-refractivity contribution in [3.05, 3.63) is 35.9 Å². The fourth-order valence-electron chi connectivity index (χ4n) is 1.98. The molecule has 10 nitrogen and oxygen atoms in total. The third-order valence-corrected chi connectivity index (χ3v) is 3.82. The zero-order valence-electron chi connectivity index (χ0n) is 21.7. The van der Waals surface area contributed by atoms with Gasteiger partial charge in [0, 0.05) is 14.0 Å². The Hall–Kier alpha value is -3.14. The number of aliphatic hydroxyl groups is 1. The van der Waals surface area contributed by atoms with Crippen molar-refractivity contribution >= 4 is 24.0 Å². The Morgan fingerprint density at radius 3 is 1.53 bits per heavy atom. The van der Waals surface area contributed by atoms with Gasteiger partial charge in [0.25, 0.3) is 0 Å². The number of nitrogens with zero attached hydrogens (tertiary/aromatic N) is 1. The number of esters is 1. The summed E-state index contributed by atoms with van der Waals surface area (Å²) in [6.07, 6.45) is -0.632. The topological polar surface area (TPSA) is 151 Å². The minimum absolute atomic E-state index is 0.225. The van der Waals surface area contributed by atoms with E-state index in [1.807, 2.05) is 20.8 Å². The zero-order chi connectivity index (χ0) is 27.5. The van der Waals surface area contributed by atoms with Crippen molar-refractivity contribution in [1.29, 1.82) is 0 Å². The third-order valence-electron chi connectivity index (χ3n) is 3.82. The van der Waals surface area contributed by atoms with Crippen LogP contribution in [0.4, 0.5) is 4.79 Å². The number of ether oxygens (including phenoxy) is 2. The molecule has 0 saturated heterocycles. The van der Waals surface area contributed by atoms with Crippen molar-refractivity contribution in [2.24, 2.45) is 0 Å². The average Bonchev–Trinajstić information content (AvgIpc) is 2.65. The van der Waals surface area contributed by atoms with Gasteiger partial charge in [0.05, 0.1) is 0 Å². The molecule has 0 spiro atoms. The minimum Gasteiger partial charge on any atom is -0.480 e. The Kier molecular flexibility index (Phi) is 13.2. The van der Waals surface area contributed by atoms with Crippen molar-refractivity contribution in [2.45, 2.75) is 85.2 Å². The van der Waals surface area contributed by atoms with Gasteiger partial charge in [-0.05, 0) is 61.0 Å². The molecule has 10 heteroatoms. The number of likely N-dealkylation sites (N-methyl/N-ethyl adjacent to an activating group) is 1. The van der Waals surface area contributed by atoms with E-state index in [9.17, 15) is 24.3 Å². The molecule has 0 aromatic heterocycles. The SMILES string of the molecule is CC(=O)OC(C)(C)C.C[C@@H](C(=O)O)N(C)C(=O)OC(C)(C)C.C[C@@](O)(C(=O)O)c1ccccc1. The molecule has 0 aliphatic carbocycles. The van der Waals surface area contributed by atoms with Gasteiger partial charge in [0.1, 0.15) is 17.2 Å². The standard InChI is InChI=1S/C9H17NO4.C9H10O3.C6H12O2/c1-6(7(11)12)10(5)8(13)14-9(2,3)4;1-9(12,8(10)11)7-5-3-2-4-6-7;1-5(7)8-6(2,3)4/h6H,1-5H3,(H,11,12);2-6,12H,1H3,(H,10,11);1-4H3/t6-;9-;/m00./s1. The van der Waals surface area contributed by atoms with E-state index in [0.717, 1.165) is 4.90 Å². The van der Waals surface area contributed by atoms with E-state index in [4.69, 9.17) is 19.7 Å². The number of rotatable bonds is 4. The van der Waals surface area contributed by atoms with E-state index < -0.39 is 35.3 Å². The second-order valence-electron chi connectivity index (χ2n) is 9.55. The molecule has 1 rings (SSSR count). The Balaban J connectivity index is 0. The van der Waals surface area contributed by atoms with Crippen molar-refractivity contribution < 1.29 is 44.0 Å². The number of aliphatic carboxylic acids is 2. The first kappa shape index (κ1) is 33.0. The number of benzene rings is 1. The number of carboxylic acid groups (broad SMARTS) is 2. The van der Waals surface area contributed by atoms with Crippen molar-refractivity contribution in [3.63, 3.8) is 0 Å². The maximum Gasteiger partial charge on any atom is 0.410 e. The number of hydrogen-bond donors (Lipinski definition) is 3. The maximum absolute atomic E-state index is 11.3. The second-order valence-corrected chi connectivity index (χ2v) is 9.55. The predicted molar refractivity (Wildman–Crippen MR) is 126 cm³/mol. The Morgan fingerprint density at radius 2 is 1.26 bits per heavy atom. The fraction of sp³-hybridized carbons (Fsp3) is 0.583. The van der Waals surface area contributed by atoms with Gasteiger partial charge in [-0.3, -0.25) is 9.69 Å². The molecule has 1 aromatic carbocycles. The molecule has 0 bridgehead atoms. The van der Waals surface area contributed by atoms with Crippen LogP contribution in [0.5, 0.6) is 0 Å². The number of amides is 1. The van der Waals surface area contributed by atoms with E-state index in [2.05, 4.69) is 0 Å². The molecule has 0 fully saturated rings. The van der Waals surface area contributed by atoms with Crippen LogP contribution in [-0.2, 0) is 29.5 Å². The summed E-state index contributed by atoms with van der Waals surface area (Å²) in [5.74, 6) is -2.52. The van der Waals surface area contributed by atoms with E-state index in [1.165, 1.54) is 27.8 Å². The van der Waals surface area contributed by atoms with Crippen LogP contribution in [0.1, 0.15) is 67.9 Å². The van der Waals surface area contributed by atoms with Crippen LogP contribution in [0.15, 0.2) is 30.3 Å². The molecule has 3 N–H and O–H groups in total. The summed E-state index contributed by atoms with van der Waals surface area (Å²) in [5.41, 5.74) is -2.34. The lowest BCUT2D eigenvalue weighted by atomic mass is 9.97. The fourth-order valence-corrected chi connectivity index (χ4v) is 1.98. The van der Waals surface area contributed by atoms with Crippen LogP contribution in [0, 0.1) is 0 Å². The highest BCUT2D eigenvalue weighted by atomic mass is 16.6. The van der Waals surface area contributed by atoms with Gasteiger partial charge in [0.2, 0.25) is 0 Å². The lowest BCUT2D eigenvalue weighted by Gasteiger charge is -2.26. The van der Waals surface area contributed by atoms with Crippen LogP contribution in [-0.4, -0.2) is 68.5 Å². The first-order chi connectivity index (χ1) is 15.1. The summed E-state index contributed by atoms with van der Waals surface area (Å²) in [6.45, 7) is 14.8. The highest BCUT2D eigenvalue weighted by Gasteiger charge is 2.31. The van der Waals surface area contributed by atoms with Crippen LogP contribution in [0.3, 0.4) is 0 Å². The summed E-state index contributed by atoms with van der Waals surface area (Å²) in [6, 6.07) is 7.41. The van der Waals surface area contributed by atoms with Gasteiger partial charge in [-0.2, -0.15) is 0 Å². The summed E-state index contributed by atoms with van der Waals surface area (Å²) in [7, 11) is 1.40. The number of hydrogen-bond acceptors (Lipinski definition) is 7. The molecule has 0 unspecified atom stereocenters. The lowest BCUT2D eigenvalue weighted by Crippen LogP contribution is -2.43. The van der Waals surface area contributed by atoms with Gasteiger partial charge in [-0.25, -0.2) is 14.4 Å². The van der Waals surface area contributed by atoms with Crippen LogP contribution >= 0.6 is 0 Å². The average molecular weight is 486 g/mol. The molecule has 34 heavy (non-hydrogen) atoms. The van der Waals surface area contributed by atoms with Crippen LogP contribution < -0.4 is 0 Å². The minimum atomic E-state index is -1.79. The molecule has 0 heterocycles. The Bertz CT molecular complexity index is 806. The normalized spacial score (nSPS) is 13.4. The molecule has 1 amide bonds. The molecule has 2 atom stereocenters. The number of carbonyl (C=O) groups excluding carboxylic acids is 2. The van der Waals surface area contributed by atoms with Crippen molar-refractivity contribution in [1.82, 2.24) is 4.90 Å². The van der Waals surface area contributed by atoms with Gasteiger partial charge >= 0.3 is 24.0 Å². The molecule has 194 valence electrons. The Labute approximate surface area is 201 Å². The maximum atomic E-state index is 11.3. The van der Waals surface area contributed by atoms with E-state index >= 15 is 0 Å². The molecule has 0 aliphatic heterocycles. The number of carboxylic acids is 2. The van der Waals surface area contributed by atoms with Crippen molar-refractivity contribution in [2.75, 3.05) is 7.05 Å². The van der Waals surface area contributed by atoms with Gasteiger partial charge < -0.3 is 24.8 Å². The predicted octanol–water partition coefficient (Wildman–Crippen LogP) is 3.65. The number of carbonyl (C=O) groups is 4. The summed E-state index contributed by atoms with van der Waals surface area (Å²) in [5, 5.41) is 26.8. The van der Waals surface area contributed by atoms with Gasteiger partial charge in [0.15, 0.2) is 5.60 Å². The molecule has 0 aliphatic rings. The summed E-state index contributed by atoms with van der Waals surface area (Å²) < 4.78 is 9.79. The van der Waals surface area contributed by atoms with Crippen LogP contribution in [0.2, 0.25) is 0 Å². The Morgan fingerprint density at radius 1 is 0.853 bits per heavy atom. The van der Waals surface area contributed by atoms with Crippen LogP contribution in [0.25, 0.3) is 0 Å². The molecular formula is C24H39NO9. The molecule has 0 radical (unpaired) electrons. The third kappa shape index (κ3) is 14.8. The second kappa shape index (κ2) is 13.5. The summed E-state index contributed by atoms with van der Waals surface area (Å²) in [4.78, 5) is 43.8. The van der Waals surface area contributed by atoms with E-state index in [-0.39, 0.29) is 11.6 Å². The lowest BCUT2D eigenvalue weighted by molar-refractivity contribution is -0.157. The summed E-state index contributed by atoms with van der Waals surface area (Å²) >= 11 is 0.